The summed E-state index contributed by atoms with van der Waals surface area (Å²) in [7, 11) is 0. The number of rotatable bonds is 32. The molecule has 0 aromatic carbocycles. The van der Waals surface area contributed by atoms with E-state index in [4.69, 9.17) is 18.9 Å². The molecule has 0 atom stereocenters. The molecule has 2 rings (SSSR count). The van der Waals surface area contributed by atoms with Crippen LogP contribution in [0.1, 0.15) is 181 Å². The van der Waals surface area contributed by atoms with E-state index in [1.807, 2.05) is 0 Å². The Labute approximate surface area is 289 Å². The molecule has 0 unspecified atom stereocenters. The molecule has 45 heavy (non-hydrogen) atoms. The average Bonchev–Trinajstić information content (AvgIpc) is 3.06. The minimum atomic E-state index is -0.111. The number of ether oxygens (including phenoxy) is 4. The third-order valence-corrected chi connectivity index (χ3v) is 11.9. The van der Waals surface area contributed by atoms with Crippen LogP contribution in [0.3, 0.4) is 0 Å². The summed E-state index contributed by atoms with van der Waals surface area (Å²) >= 11 is 4.22. The summed E-state index contributed by atoms with van der Waals surface area (Å²) in [6.07, 6.45) is 35.6. The summed E-state index contributed by atoms with van der Waals surface area (Å²) in [5, 5.41) is 0. The molecule has 1 spiro atoms. The second-order valence-corrected chi connectivity index (χ2v) is 16.6. The molecule has 2 aliphatic rings. The molecule has 0 N–H and O–H groups in total. The Bertz CT molecular complexity index is 550. The molecule has 0 aromatic rings. The first-order valence-electron chi connectivity index (χ1n) is 19.9. The highest BCUT2D eigenvalue weighted by Crippen LogP contribution is 2.32. The number of hydrogen-bond acceptors (Lipinski definition) is 6. The van der Waals surface area contributed by atoms with E-state index in [1.54, 1.807) is 0 Å². The monoisotopic (exact) mass is 673 g/mol. The molecule has 0 aliphatic carbocycles. The van der Waals surface area contributed by atoms with Crippen LogP contribution in [0.25, 0.3) is 0 Å². The lowest BCUT2D eigenvalue weighted by atomic mass is 9.90. The lowest BCUT2D eigenvalue weighted by Crippen LogP contribution is -2.52. The van der Waals surface area contributed by atoms with Crippen molar-refractivity contribution < 1.29 is 18.9 Å². The van der Waals surface area contributed by atoms with Gasteiger partial charge in [-0.3, -0.25) is 0 Å². The molecule has 0 aromatic heterocycles. The minimum absolute atomic E-state index is 0.0479. The fourth-order valence-corrected chi connectivity index (χ4v) is 8.37. The summed E-state index contributed by atoms with van der Waals surface area (Å²) in [5.74, 6) is 5.05. The Morgan fingerprint density at radius 3 is 0.956 bits per heavy atom. The third kappa shape index (κ3) is 23.5. The molecule has 2 heterocycles. The molecule has 4 nitrogen and oxygen atoms in total. The first kappa shape index (κ1) is 41.7. The molecule has 0 bridgehead atoms. The van der Waals surface area contributed by atoms with Gasteiger partial charge in [0.05, 0.1) is 31.8 Å². The summed E-state index contributed by atoms with van der Waals surface area (Å²) in [5.41, 5.74) is -0.111. The third-order valence-electron chi connectivity index (χ3n) is 9.54. The Hall–Kier alpha value is 0.540. The molecule has 6 heteroatoms. The number of thioether (sulfide) groups is 2. The highest BCUT2D eigenvalue weighted by Gasteiger charge is 2.41. The van der Waals surface area contributed by atoms with Gasteiger partial charge in [0.2, 0.25) is 0 Å². The zero-order chi connectivity index (χ0) is 31.9. The maximum atomic E-state index is 6.12. The largest absolute Gasteiger partial charge is 0.352 e. The highest BCUT2D eigenvalue weighted by molar-refractivity contribution is 7.99. The Morgan fingerprint density at radius 1 is 0.378 bits per heavy atom. The predicted molar refractivity (Wildman–Crippen MR) is 200 cm³/mol. The summed E-state index contributed by atoms with van der Waals surface area (Å²) in [6, 6.07) is 0. The van der Waals surface area contributed by atoms with E-state index in [2.05, 4.69) is 37.4 Å². The van der Waals surface area contributed by atoms with Gasteiger partial charge in [-0.2, -0.15) is 23.5 Å². The molecular weight excluding hydrogens is 597 g/mol. The second-order valence-electron chi connectivity index (χ2n) is 14.2. The second kappa shape index (κ2) is 30.6. The van der Waals surface area contributed by atoms with Gasteiger partial charge in [0, 0.05) is 0 Å². The molecule has 2 fully saturated rings. The summed E-state index contributed by atoms with van der Waals surface area (Å²) < 4.78 is 24.5. The smallest absolute Gasteiger partial charge is 0.157 e. The highest BCUT2D eigenvalue weighted by atomic mass is 32.2. The van der Waals surface area contributed by atoms with E-state index in [0.717, 1.165) is 12.8 Å². The summed E-state index contributed by atoms with van der Waals surface area (Å²) in [4.78, 5) is 0. The van der Waals surface area contributed by atoms with Crippen LogP contribution in [0.2, 0.25) is 0 Å². The predicted octanol–water partition coefficient (Wildman–Crippen LogP) is 12.4. The van der Waals surface area contributed by atoms with E-state index in [-0.39, 0.29) is 18.0 Å². The molecule has 0 amide bonds. The number of unbranched alkanes of at least 4 members (excludes halogenated alkanes) is 20. The van der Waals surface area contributed by atoms with Gasteiger partial charge in [-0.25, -0.2) is 0 Å². The van der Waals surface area contributed by atoms with Gasteiger partial charge >= 0.3 is 0 Å². The van der Waals surface area contributed by atoms with Gasteiger partial charge in [-0.1, -0.05) is 142 Å². The molecular formula is C39H76O4S2. The van der Waals surface area contributed by atoms with Crippen LogP contribution in [-0.4, -0.2) is 62.0 Å². The molecule has 268 valence electrons. The number of hydrogen-bond donors (Lipinski definition) is 0. The van der Waals surface area contributed by atoms with Crippen LogP contribution < -0.4 is 0 Å². The average molecular weight is 673 g/mol. The first-order valence-corrected chi connectivity index (χ1v) is 22.2. The Morgan fingerprint density at radius 2 is 0.644 bits per heavy atom. The van der Waals surface area contributed by atoms with Crippen molar-refractivity contribution in [2.24, 2.45) is 5.41 Å². The van der Waals surface area contributed by atoms with Crippen molar-refractivity contribution in [1.29, 1.82) is 0 Å². The molecule has 2 aliphatic heterocycles. The Kier molecular flexibility index (Phi) is 28.4. The maximum absolute atomic E-state index is 6.12. The van der Waals surface area contributed by atoms with Crippen LogP contribution in [0, 0.1) is 5.41 Å². The van der Waals surface area contributed by atoms with Crippen molar-refractivity contribution in [3.05, 3.63) is 0 Å². The van der Waals surface area contributed by atoms with Gasteiger partial charge in [-0.05, 0) is 61.5 Å². The van der Waals surface area contributed by atoms with E-state index < -0.39 is 0 Å². The van der Waals surface area contributed by atoms with Crippen molar-refractivity contribution in [3.8, 4) is 0 Å². The molecule has 0 radical (unpaired) electrons. The lowest BCUT2D eigenvalue weighted by Gasteiger charge is -2.43. The zero-order valence-electron chi connectivity index (χ0n) is 30.1. The Balaban J connectivity index is 1.30. The van der Waals surface area contributed by atoms with Crippen LogP contribution in [0.5, 0.6) is 0 Å². The van der Waals surface area contributed by atoms with Gasteiger partial charge < -0.3 is 18.9 Å². The van der Waals surface area contributed by atoms with Crippen LogP contribution in [-0.2, 0) is 18.9 Å². The van der Waals surface area contributed by atoms with E-state index >= 15 is 0 Å². The van der Waals surface area contributed by atoms with Crippen molar-refractivity contribution in [1.82, 2.24) is 0 Å². The van der Waals surface area contributed by atoms with Crippen molar-refractivity contribution in [2.45, 2.75) is 193 Å². The van der Waals surface area contributed by atoms with Crippen molar-refractivity contribution in [2.75, 3.05) is 49.4 Å². The zero-order valence-corrected chi connectivity index (χ0v) is 31.8. The van der Waals surface area contributed by atoms with Gasteiger partial charge in [-0.15, -0.1) is 0 Å². The van der Waals surface area contributed by atoms with E-state index in [0.29, 0.717) is 26.4 Å². The fraction of sp³-hybridized carbons (Fsp3) is 1.00. The van der Waals surface area contributed by atoms with Gasteiger partial charge in [0.15, 0.2) is 12.6 Å². The van der Waals surface area contributed by atoms with Crippen LogP contribution >= 0.6 is 23.5 Å². The SMILES string of the molecule is CCCCCCCCCCCCCSCCCC1OCC2(CO1)COC(CCCSCCCCCCCCCCCCC)OC2. The standard InChI is InChI=1S/C39H76O4S2/c1-3-5-7-9-11-13-15-17-19-21-23-29-44-31-25-27-37-40-33-39(34-41-37)35-42-38(43-36-39)28-26-32-45-30-24-22-20-18-16-14-12-10-8-6-4-2/h37-38H,3-36H2,1-2H3. The minimum Gasteiger partial charge on any atom is -0.352 e. The molecule has 2 saturated heterocycles. The van der Waals surface area contributed by atoms with Crippen LogP contribution in [0.15, 0.2) is 0 Å². The van der Waals surface area contributed by atoms with Crippen molar-refractivity contribution >= 4 is 23.5 Å². The topological polar surface area (TPSA) is 36.9 Å². The molecule has 0 saturated carbocycles. The normalized spacial score (nSPS) is 22.0. The quantitative estimate of drug-likeness (QED) is 0.0662. The fourth-order valence-electron chi connectivity index (χ4n) is 6.40. The van der Waals surface area contributed by atoms with E-state index in [9.17, 15) is 0 Å². The van der Waals surface area contributed by atoms with Gasteiger partial charge in [0.1, 0.15) is 0 Å². The van der Waals surface area contributed by atoms with E-state index in [1.165, 1.54) is 177 Å². The van der Waals surface area contributed by atoms with Crippen LogP contribution in [0.4, 0.5) is 0 Å². The summed E-state index contributed by atoms with van der Waals surface area (Å²) in [6.45, 7) is 7.39. The first-order chi connectivity index (χ1) is 22.3. The lowest BCUT2D eigenvalue weighted by molar-refractivity contribution is -0.303. The van der Waals surface area contributed by atoms with Crippen molar-refractivity contribution in [3.63, 3.8) is 0 Å². The van der Waals surface area contributed by atoms with Gasteiger partial charge in [0.25, 0.3) is 0 Å². The maximum Gasteiger partial charge on any atom is 0.157 e.